The second kappa shape index (κ2) is 8.02. The summed E-state index contributed by atoms with van der Waals surface area (Å²) in [5, 5.41) is 10.4. The van der Waals surface area contributed by atoms with E-state index in [0.717, 1.165) is 0 Å². The summed E-state index contributed by atoms with van der Waals surface area (Å²) >= 11 is 0. The lowest BCUT2D eigenvalue weighted by Crippen LogP contribution is -2.39. The highest BCUT2D eigenvalue weighted by molar-refractivity contribution is 6.93. The molecule has 0 unspecified atom stereocenters. The molecule has 3 nitrogen and oxygen atoms in total. The fourth-order valence-electron chi connectivity index (χ4n) is 2.00. The van der Waals surface area contributed by atoms with Crippen LogP contribution in [0.2, 0.25) is 13.1 Å². The van der Waals surface area contributed by atoms with Crippen LogP contribution in [0.25, 0.3) is 0 Å². The quantitative estimate of drug-likeness (QED) is 0.619. The number of benzene rings is 1. The van der Waals surface area contributed by atoms with Gasteiger partial charge in [0, 0.05) is 6.61 Å². The van der Waals surface area contributed by atoms with E-state index in [4.69, 9.17) is 9.84 Å². The number of ether oxygens (including phenoxy) is 1. The molecule has 0 amide bonds. The Morgan fingerprint density at radius 3 is 2.55 bits per heavy atom. The Morgan fingerprint density at radius 1 is 1.35 bits per heavy atom. The minimum Gasteiger partial charge on any atom is -0.466 e. The van der Waals surface area contributed by atoms with Gasteiger partial charge in [-0.3, -0.25) is 4.79 Å². The number of rotatable bonds is 7. The smallest absolute Gasteiger partial charge is 0.312 e. The second-order valence-electron chi connectivity index (χ2n) is 5.32. The van der Waals surface area contributed by atoms with Crippen molar-refractivity contribution in [3.05, 3.63) is 42.1 Å². The third kappa shape index (κ3) is 4.94. The number of hydrogen-bond donors (Lipinski definition) is 1. The molecule has 0 aromatic heterocycles. The summed E-state index contributed by atoms with van der Waals surface area (Å²) in [5.41, 5.74) is 2.15. The van der Waals surface area contributed by atoms with Gasteiger partial charge in [0.1, 0.15) is 8.07 Å². The summed E-state index contributed by atoms with van der Waals surface area (Å²) < 4.78 is 5.04. The number of esters is 1. The van der Waals surface area contributed by atoms with Gasteiger partial charge >= 0.3 is 5.97 Å². The van der Waals surface area contributed by atoms with Crippen molar-refractivity contribution in [1.29, 1.82) is 0 Å². The third-order valence-electron chi connectivity index (χ3n) is 3.29. The van der Waals surface area contributed by atoms with E-state index in [2.05, 4.69) is 30.9 Å². The largest absolute Gasteiger partial charge is 0.466 e. The molecule has 0 aliphatic heterocycles. The highest BCUT2D eigenvalue weighted by atomic mass is 28.3. The van der Waals surface area contributed by atoms with E-state index in [1.54, 1.807) is 6.92 Å². The summed E-state index contributed by atoms with van der Waals surface area (Å²) in [6.07, 6.45) is 2.32. The standard InChI is InChI=1S/C16H24O3Si/c1-4-19-16(18)14(10-12-17)11-13-20(2,3)15-8-6-5-7-9-15/h5-9,11,13-14,17H,4,10,12H2,1-3H3/b13-11-/t14-/m0/s1. The minimum absolute atomic E-state index is 0.0128. The van der Waals surface area contributed by atoms with Crippen LogP contribution in [-0.2, 0) is 9.53 Å². The first-order valence-corrected chi connectivity index (χ1v) is 10.1. The fourth-order valence-corrected chi connectivity index (χ4v) is 3.96. The van der Waals surface area contributed by atoms with Crippen LogP contribution >= 0.6 is 0 Å². The molecule has 110 valence electrons. The lowest BCUT2D eigenvalue weighted by atomic mass is 10.1. The van der Waals surface area contributed by atoms with Gasteiger partial charge in [-0.2, -0.15) is 0 Å². The van der Waals surface area contributed by atoms with E-state index in [1.165, 1.54) is 5.19 Å². The molecule has 0 aliphatic carbocycles. The first kappa shape index (κ1) is 16.7. The Kier molecular flexibility index (Phi) is 6.68. The Morgan fingerprint density at radius 2 is 2.00 bits per heavy atom. The molecule has 0 saturated heterocycles. The topological polar surface area (TPSA) is 46.5 Å². The number of hydrogen-bond acceptors (Lipinski definition) is 3. The predicted octanol–water partition coefficient (Wildman–Crippen LogP) is 2.26. The van der Waals surface area contributed by atoms with Crippen LogP contribution < -0.4 is 5.19 Å². The van der Waals surface area contributed by atoms with Crippen molar-refractivity contribution in [3.8, 4) is 0 Å². The van der Waals surface area contributed by atoms with Crippen LogP contribution in [0, 0.1) is 5.92 Å². The molecule has 0 saturated carbocycles. The van der Waals surface area contributed by atoms with Crippen molar-refractivity contribution >= 4 is 19.2 Å². The molecule has 1 rings (SSSR count). The average molecular weight is 292 g/mol. The normalized spacial score (nSPS) is 13.4. The number of aliphatic hydroxyl groups is 1. The van der Waals surface area contributed by atoms with Gasteiger partial charge in [-0.25, -0.2) is 0 Å². The van der Waals surface area contributed by atoms with Crippen LogP contribution in [0.1, 0.15) is 13.3 Å². The van der Waals surface area contributed by atoms with Gasteiger partial charge in [0.25, 0.3) is 0 Å². The minimum atomic E-state index is -1.71. The Hall–Kier alpha value is -1.39. The van der Waals surface area contributed by atoms with Crippen LogP contribution in [0.3, 0.4) is 0 Å². The number of aliphatic hydroxyl groups excluding tert-OH is 1. The van der Waals surface area contributed by atoms with Gasteiger partial charge < -0.3 is 9.84 Å². The molecule has 0 bridgehead atoms. The molecule has 4 heteroatoms. The summed E-state index contributed by atoms with van der Waals surface area (Å²) in [6, 6.07) is 10.3. The van der Waals surface area contributed by atoms with Crippen molar-refractivity contribution in [1.82, 2.24) is 0 Å². The molecule has 20 heavy (non-hydrogen) atoms. The summed E-state index contributed by atoms with van der Waals surface area (Å²) in [4.78, 5) is 11.8. The van der Waals surface area contributed by atoms with Crippen molar-refractivity contribution < 1.29 is 14.6 Å². The van der Waals surface area contributed by atoms with E-state index in [1.807, 2.05) is 24.3 Å². The van der Waals surface area contributed by atoms with E-state index in [-0.39, 0.29) is 18.5 Å². The Balaban J connectivity index is 2.83. The van der Waals surface area contributed by atoms with Gasteiger partial charge in [0.2, 0.25) is 0 Å². The molecular formula is C16H24O3Si. The van der Waals surface area contributed by atoms with Crippen molar-refractivity contribution in [3.63, 3.8) is 0 Å². The average Bonchev–Trinajstić information content (AvgIpc) is 2.44. The Bertz CT molecular complexity index is 440. The molecule has 1 aromatic carbocycles. The maximum Gasteiger partial charge on any atom is 0.312 e. The number of carbonyl (C=O) groups is 1. The van der Waals surface area contributed by atoms with Crippen LogP contribution in [-0.4, -0.2) is 32.4 Å². The monoisotopic (exact) mass is 292 g/mol. The summed E-state index contributed by atoms with van der Waals surface area (Å²) in [5.74, 6) is -0.605. The molecule has 0 heterocycles. The van der Waals surface area contributed by atoms with Crippen LogP contribution in [0.4, 0.5) is 0 Å². The number of carbonyl (C=O) groups excluding carboxylic acids is 1. The van der Waals surface area contributed by atoms with Gasteiger partial charge in [-0.05, 0) is 13.3 Å². The fraction of sp³-hybridized carbons (Fsp3) is 0.438. The predicted molar refractivity (Wildman–Crippen MR) is 84.5 cm³/mol. The van der Waals surface area contributed by atoms with Gasteiger partial charge in [0.05, 0.1) is 12.5 Å². The zero-order valence-corrected chi connectivity index (χ0v) is 13.5. The lowest BCUT2D eigenvalue weighted by molar-refractivity contribution is -0.146. The van der Waals surface area contributed by atoms with Crippen molar-refractivity contribution in [2.75, 3.05) is 13.2 Å². The summed E-state index contributed by atoms with van der Waals surface area (Å²) in [7, 11) is -1.71. The first-order chi connectivity index (χ1) is 9.51. The maximum absolute atomic E-state index is 11.8. The molecular weight excluding hydrogens is 268 g/mol. The van der Waals surface area contributed by atoms with Crippen molar-refractivity contribution in [2.45, 2.75) is 26.4 Å². The first-order valence-electron chi connectivity index (χ1n) is 7.03. The lowest BCUT2D eigenvalue weighted by Gasteiger charge is -2.19. The van der Waals surface area contributed by atoms with E-state index < -0.39 is 8.07 Å². The van der Waals surface area contributed by atoms with Crippen LogP contribution in [0.5, 0.6) is 0 Å². The molecule has 0 spiro atoms. The second-order valence-corrected chi connectivity index (χ2v) is 9.67. The zero-order chi connectivity index (χ0) is 15.0. The van der Waals surface area contributed by atoms with E-state index >= 15 is 0 Å². The SMILES string of the molecule is CCOC(=O)[C@H](/C=C\[Si](C)(C)c1ccccc1)CCO. The van der Waals surface area contributed by atoms with E-state index in [9.17, 15) is 4.79 Å². The van der Waals surface area contributed by atoms with E-state index in [0.29, 0.717) is 13.0 Å². The zero-order valence-electron chi connectivity index (χ0n) is 12.5. The van der Waals surface area contributed by atoms with Crippen molar-refractivity contribution in [2.24, 2.45) is 5.92 Å². The highest BCUT2D eigenvalue weighted by Crippen LogP contribution is 2.12. The third-order valence-corrected chi connectivity index (χ3v) is 6.14. The highest BCUT2D eigenvalue weighted by Gasteiger charge is 2.22. The molecule has 1 atom stereocenters. The molecule has 0 fully saturated rings. The van der Waals surface area contributed by atoms with Gasteiger partial charge in [-0.15, -0.1) is 0 Å². The van der Waals surface area contributed by atoms with Crippen LogP contribution in [0.15, 0.2) is 42.1 Å². The molecule has 1 aromatic rings. The molecule has 0 radical (unpaired) electrons. The molecule has 1 N–H and O–H groups in total. The maximum atomic E-state index is 11.8. The van der Waals surface area contributed by atoms with Gasteiger partial charge in [0.15, 0.2) is 0 Å². The summed E-state index contributed by atoms with van der Waals surface area (Å²) in [6.45, 7) is 6.62. The molecule has 0 aliphatic rings. The Labute approximate surface area is 122 Å². The van der Waals surface area contributed by atoms with Gasteiger partial charge in [-0.1, -0.05) is 60.4 Å².